The monoisotopic (exact) mass is 290 g/mol. The number of carboxylic acid groups (broad SMARTS) is 1. The Bertz CT molecular complexity index is 589. The normalized spacial score (nSPS) is 13.3. The molecule has 1 aromatic rings. The molecule has 8 nitrogen and oxygen atoms in total. The highest BCUT2D eigenvalue weighted by Gasteiger charge is 2.24. The second kappa shape index (κ2) is 5.41. The number of furan rings is 1. The Morgan fingerprint density at radius 2 is 1.95 bits per heavy atom. The van der Waals surface area contributed by atoms with Gasteiger partial charge in [-0.05, 0) is 19.1 Å². The first-order valence-corrected chi connectivity index (χ1v) is 6.66. The Morgan fingerprint density at radius 1 is 1.37 bits per heavy atom. The van der Waals surface area contributed by atoms with E-state index >= 15 is 0 Å². The summed E-state index contributed by atoms with van der Waals surface area (Å²) in [5, 5.41) is 10.4. The zero-order chi connectivity index (χ0) is 14.8. The van der Waals surface area contributed by atoms with Crippen molar-refractivity contribution in [3.8, 4) is 0 Å². The fourth-order valence-corrected chi connectivity index (χ4v) is 1.89. The van der Waals surface area contributed by atoms with Crippen LogP contribution in [0.25, 0.3) is 0 Å². The van der Waals surface area contributed by atoms with E-state index in [1.165, 1.54) is 27.1 Å². The molecule has 0 aromatic carbocycles. The molecule has 0 aliphatic heterocycles. The van der Waals surface area contributed by atoms with Gasteiger partial charge in [-0.15, -0.1) is 0 Å². The highest BCUT2D eigenvalue weighted by Crippen LogP contribution is 2.16. The van der Waals surface area contributed by atoms with Crippen LogP contribution in [0, 0.1) is 0 Å². The first-order valence-electron chi connectivity index (χ1n) is 5.22. The van der Waals surface area contributed by atoms with E-state index in [2.05, 4.69) is 5.32 Å². The van der Waals surface area contributed by atoms with Gasteiger partial charge in [-0.3, -0.25) is 9.59 Å². The van der Waals surface area contributed by atoms with Gasteiger partial charge in [-0.25, -0.2) is 12.7 Å². The van der Waals surface area contributed by atoms with Crippen molar-refractivity contribution < 1.29 is 27.5 Å². The van der Waals surface area contributed by atoms with Crippen molar-refractivity contribution >= 4 is 21.9 Å². The highest BCUT2D eigenvalue weighted by atomic mass is 32.2. The number of carbonyl (C=O) groups excluding carboxylic acids is 1. The van der Waals surface area contributed by atoms with Gasteiger partial charge in [0, 0.05) is 14.1 Å². The van der Waals surface area contributed by atoms with Gasteiger partial charge in [0.1, 0.15) is 6.04 Å². The first kappa shape index (κ1) is 15.2. The lowest BCUT2D eigenvalue weighted by atomic mass is 10.3. The molecule has 0 unspecified atom stereocenters. The van der Waals surface area contributed by atoms with E-state index < -0.39 is 27.9 Å². The first-order chi connectivity index (χ1) is 8.66. The number of carbonyl (C=O) groups is 2. The molecular formula is C10H14N2O6S. The second-order valence-corrected chi connectivity index (χ2v) is 6.02. The summed E-state index contributed by atoms with van der Waals surface area (Å²) in [5.41, 5.74) is 0. The molecule has 19 heavy (non-hydrogen) atoms. The number of nitrogens with one attached hydrogen (secondary N) is 1. The van der Waals surface area contributed by atoms with Crippen molar-refractivity contribution in [1.29, 1.82) is 0 Å². The summed E-state index contributed by atoms with van der Waals surface area (Å²) in [6.45, 7) is 1.28. The number of amides is 1. The molecule has 1 rings (SSSR count). The third-order valence-corrected chi connectivity index (χ3v) is 3.95. The van der Waals surface area contributed by atoms with E-state index in [-0.39, 0.29) is 10.9 Å². The molecule has 2 N–H and O–H groups in total. The molecule has 1 atom stereocenters. The lowest BCUT2D eigenvalue weighted by Gasteiger charge is -2.08. The number of rotatable bonds is 5. The number of carboxylic acids is 1. The molecule has 0 spiro atoms. The summed E-state index contributed by atoms with van der Waals surface area (Å²) >= 11 is 0. The maximum Gasteiger partial charge on any atom is 0.325 e. The predicted molar refractivity (Wildman–Crippen MR) is 64.1 cm³/mol. The third-order valence-electron chi connectivity index (χ3n) is 2.26. The molecule has 9 heteroatoms. The zero-order valence-electron chi connectivity index (χ0n) is 10.6. The number of hydrogen-bond acceptors (Lipinski definition) is 5. The van der Waals surface area contributed by atoms with Gasteiger partial charge in [0.2, 0.25) is 5.09 Å². The van der Waals surface area contributed by atoms with E-state index in [1.54, 1.807) is 0 Å². The molecule has 1 amide bonds. The molecular weight excluding hydrogens is 276 g/mol. The van der Waals surface area contributed by atoms with Gasteiger partial charge < -0.3 is 14.8 Å². The summed E-state index contributed by atoms with van der Waals surface area (Å²) in [6.07, 6.45) is 0. The zero-order valence-corrected chi connectivity index (χ0v) is 11.4. The van der Waals surface area contributed by atoms with Crippen molar-refractivity contribution in [2.45, 2.75) is 18.1 Å². The quantitative estimate of drug-likeness (QED) is 0.771. The van der Waals surface area contributed by atoms with Gasteiger partial charge in [0.25, 0.3) is 15.9 Å². The Hall–Kier alpha value is -1.87. The van der Waals surface area contributed by atoms with E-state index in [1.807, 2.05) is 0 Å². The molecule has 1 aromatic heterocycles. The summed E-state index contributed by atoms with van der Waals surface area (Å²) in [4.78, 5) is 22.2. The number of aliphatic carboxylic acids is 1. The minimum Gasteiger partial charge on any atom is -0.480 e. The summed E-state index contributed by atoms with van der Waals surface area (Å²) < 4.78 is 29.3. The lowest BCUT2D eigenvalue weighted by Crippen LogP contribution is -2.38. The van der Waals surface area contributed by atoms with Crippen LogP contribution >= 0.6 is 0 Å². The molecule has 0 fully saturated rings. The summed E-state index contributed by atoms with van der Waals surface area (Å²) in [7, 11) is -1.12. The predicted octanol–water partition coefficient (Wildman–Crippen LogP) is -0.267. The van der Waals surface area contributed by atoms with Crippen molar-refractivity contribution in [2.24, 2.45) is 0 Å². The van der Waals surface area contributed by atoms with E-state index in [4.69, 9.17) is 9.52 Å². The molecule has 0 radical (unpaired) electrons. The fourth-order valence-electron chi connectivity index (χ4n) is 1.09. The largest absolute Gasteiger partial charge is 0.480 e. The Kier molecular flexibility index (Phi) is 4.32. The molecule has 0 aliphatic rings. The van der Waals surface area contributed by atoms with E-state index in [9.17, 15) is 18.0 Å². The molecule has 1 heterocycles. The van der Waals surface area contributed by atoms with Crippen LogP contribution in [0.4, 0.5) is 0 Å². The molecule has 0 bridgehead atoms. The van der Waals surface area contributed by atoms with Gasteiger partial charge in [-0.1, -0.05) is 0 Å². The van der Waals surface area contributed by atoms with Crippen LogP contribution in [-0.4, -0.2) is 49.8 Å². The Labute approximate surface area is 110 Å². The molecule has 106 valence electrons. The second-order valence-electron chi connectivity index (χ2n) is 3.94. The molecule has 0 aliphatic carbocycles. The Balaban J connectivity index is 2.92. The van der Waals surface area contributed by atoms with Crippen LogP contribution in [0.5, 0.6) is 0 Å². The van der Waals surface area contributed by atoms with Crippen LogP contribution in [-0.2, 0) is 14.8 Å². The molecule has 0 saturated carbocycles. The van der Waals surface area contributed by atoms with Crippen LogP contribution in [0.1, 0.15) is 17.5 Å². The van der Waals surface area contributed by atoms with Crippen molar-refractivity contribution in [3.05, 3.63) is 17.9 Å². The van der Waals surface area contributed by atoms with Crippen LogP contribution in [0.2, 0.25) is 0 Å². The van der Waals surface area contributed by atoms with Gasteiger partial charge >= 0.3 is 5.97 Å². The average Bonchev–Trinajstić information content (AvgIpc) is 2.78. The van der Waals surface area contributed by atoms with Gasteiger partial charge in [0.15, 0.2) is 5.76 Å². The fraction of sp³-hybridized carbons (Fsp3) is 0.400. The minimum absolute atomic E-state index is 0.270. The third kappa shape index (κ3) is 3.32. The number of sulfonamides is 1. The SMILES string of the molecule is C[C@H](NC(=O)c1ccc(S(=O)(=O)N(C)C)o1)C(=O)O. The smallest absolute Gasteiger partial charge is 0.325 e. The number of nitrogens with zero attached hydrogens (tertiary/aromatic N) is 1. The highest BCUT2D eigenvalue weighted by molar-refractivity contribution is 7.88. The van der Waals surface area contributed by atoms with Crippen molar-refractivity contribution in [1.82, 2.24) is 9.62 Å². The van der Waals surface area contributed by atoms with Crippen molar-refractivity contribution in [2.75, 3.05) is 14.1 Å². The summed E-state index contributed by atoms with van der Waals surface area (Å²) in [5.74, 6) is -2.27. The average molecular weight is 290 g/mol. The topological polar surface area (TPSA) is 117 Å². The van der Waals surface area contributed by atoms with Crippen LogP contribution < -0.4 is 5.32 Å². The number of hydrogen-bond donors (Lipinski definition) is 2. The van der Waals surface area contributed by atoms with Crippen LogP contribution in [0.3, 0.4) is 0 Å². The van der Waals surface area contributed by atoms with Gasteiger partial charge in [0.05, 0.1) is 0 Å². The van der Waals surface area contributed by atoms with Crippen molar-refractivity contribution in [3.63, 3.8) is 0 Å². The molecule has 0 saturated heterocycles. The van der Waals surface area contributed by atoms with Crippen LogP contribution in [0.15, 0.2) is 21.6 Å². The van der Waals surface area contributed by atoms with Gasteiger partial charge in [-0.2, -0.15) is 0 Å². The lowest BCUT2D eigenvalue weighted by molar-refractivity contribution is -0.138. The Morgan fingerprint density at radius 3 is 2.42 bits per heavy atom. The standard InChI is InChI=1S/C10H14N2O6S/c1-6(10(14)15)11-9(13)7-4-5-8(18-7)19(16,17)12(2)3/h4-6H,1-3H3,(H,11,13)(H,14,15)/t6-/m0/s1. The minimum atomic E-state index is -3.76. The van der Waals surface area contributed by atoms with E-state index in [0.717, 1.165) is 10.4 Å². The maximum atomic E-state index is 11.7. The van der Waals surface area contributed by atoms with E-state index in [0.29, 0.717) is 0 Å². The summed E-state index contributed by atoms with van der Waals surface area (Å²) in [6, 6.07) is 1.20. The maximum absolute atomic E-state index is 11.7.